The maximum atomic E-state index is 5.68. The molecule has 0 fully saturated rings. The Morgan fingerprint density at radius 3 is 0.905 bits per heavy atom. The second kappa shape index (κ2) is 10.1. The van der Waals surface area contributed by atoms with Crippen molar-refractivity contribution in [2.24, 2.45) is 22.9 Å². The summed E-state index contributed by atoms with van der Waals surface area (Å²) in [6.45, 7) is 14.0. The quantitative estimate of drug-likeness (QED) is 0.217. The summed E-state index contributed by atoms with van der Waals surface area (Å²) in [5.74, 6) is 0. The summed E-state index contributed by atoms with van der Waals surface area (Å²) in [7, 11) is 0. The van der Waals surface area contributed by atoms with Crippen LogP contribution in [0.4, 0.5) is 0 Å². The van der Waals surface area contributed by atoms with E-state index in [2.05, 4.69) is 26.3 Å². The monoisotopic (exact) mass is 336 g/mol. The molecule has 8 nitrogen and oxygen atoms in total. The van der Waals surface area contributed by atoms with E-state index in [9.17, 15) is 0 Å². The van der Waals surface area contributed by atoms with Crippen LogP contribution in [0.5, 0.6) is 0 Å². The van der Waals surface area contributed by atoms with E-state index in [0.29, 0.717) is 0 Å². The Morgan fingerprint density at radius 2 is 0.762 bits per heavy atom. The molecule has 120 valence electrons. The molecule has 0 aromatic rings. The minimum atomic E-state index is -4.52. The summed E-state index contributed by atoms with van der Waals surface area (Å²) in [5, 5.41) is 0. The Bertz CT molecular complexity index is 300. The van der Waals surface area contributed by atoms with Crippen molar-refractivity contribution in [2.45, 2.75) is 24.9 Å². The van der Waals surface area contributed by atoms with Crippen molar-refractivity contribution in [2.75, 3.05) is 0 Å². The van der Waals surface area contributed by atoms with Crippen molar-refractivity contribution in [1.82, 2.24) is 0 Å². The van der Waals surface area contributed by atoms with Crippen LogP contribution >= 0.6 is 0 Å². The summed E-state index contributed by atoms with van der Waals surface area (Å²) in [4.78, 5) is 0. The average Bonchev–Trinajstić information content (AvgIpc) is 2.46. The van der Waals surface area contributed by atoms with Gasteiger partial charge in [-0.1, -0.05) is 0 Å². The van der Waals surface area contributed by atoms with Gasteiger partial charge in [-0.2, -0.15) is 0 Å². The van der Waals surface area contributed by atoms with E-state index in [1.807, 2.05) is 0 Å². The molecule has 8 N–H and O–H groups in total. The van der Waals surface area contributed by atoms with Crippen LogP contribution in [0.15, 0.2) is 50.6 Å². The van der Waals surface area contributed by atoms with Gasteiger partial charge in [-0.05, 0) is 0 Å². The molecule has 0 bridgehead atoms. The molecule has 21 heavy (non-hydrogen) atoms. The third kappa shape index (κ3) is 7.79. The number of rotatable bonds is 12. The van der Waals surface area contributed by atoms with E-state index in [-0.39, 0.29) is 0 Å². The van der Waals surface area contributed by atoms with E-state index < -0.39 is 43.1 Å². The second-order valence-electron chi connectivity index (χ2n) is 3.77. The molecule has 0 saturated heterocycles. The van der Waals surface area contributed by atoms with Gasteiger partial charge >= 0.3 is 130 Å². The van der Waals surface area contributed by atoms with Gasteiger partial charge in [-0.15, -0.1) is 0 Å². The van der Waals surface area contributed by atoms with Crippen molar-refractivity contribution >= 4 is 0 Å². The predicted octanol–water partition coefficient (Wildman–Crippen LogP) is -0.250. The van der Waals surface area contributed by atoms with Crippen LogP contribution in [0, 0.1) is 0 Å². The molecule has 0 aliphatic heterocycles. The Morgan fingerprint density at radius 1 is 0.571 bits per heavy atom. The van der Waals surface area contributed by atoms with Crippen LogP contribution in [0.1, 0.15) is 0 Å². The van der Waals surface area contributed by atoms with E-state index in [1.165, 1.54) is 24.3 Å². The fourth-order valence-electron chi connectivity index (χ4n) is 1.03. The van der Waals surface area contributed by atoms with E-state index in [1.54, 1.807) is 0 Å². The SMILES string of the molecule is C=CC(N)[O][Ti]([O]C(N)C=C)([O]C(N)C=C)[O]C(N)C=C. The topological polar surface area (TPSA) is 141 Å². The van der Waals surface area contributed by atoms with Crippen LogP contribution in [0.25, 0.3) is 0 Å². The van der Waals surface area contributed by atoms with E-state index in [0.717, 1.165) is 0 Å². The van der Waals surface area contributed by atoms with Gasteiger partial charge in [-0.25, -0.2) is 0 Å². The van der Waals surface area contributed by atoms with Crippen molar-refractivity contribution in [3.63, 3.8) is 0 Å². The summed E-state index contributed by atoms with van der Waals surface area (Å²) < 4.78 is 22.0. The average molecular weight is 336 g/mol. The van der Waals surface area contributed by atoms with Gasteiger partial charge in [0, 0.05) is 0 Å². The van der Waals surface area contributed by atoms with Crippen LogP contribution in [-0.2, 0) is 31.4 Å². The van der Waals surface area contributed by atoms with Crippen LogP contribution < -0.4 is 22.9 Å². The number of hydrogen-bond donors (Lipinski definition) is 4. The van der Waals surface area contributed by atoms with Gasteiger partial charge in [0.25, 0.3) is 0 Å². The Kier molecular flexibility index (Phi) is 9.83. The first-order valence-electron chi connectivity index (χ1n) is 6.06. The molecule has 0 aromatic heterocycles. The molecule has 0 saturated carbocycles. The fourth-order valence-corrected chi connectivity index (χ4v) is 4.23. The molecule has 0 aliphatic rings. The molecule has 0 rings (SSSR count). The zero-order valence-corrected chi connectivity index (χ0v) is 13.5. The Labute approximate surface area is 130 Å². The van der Waals surface area contributed by atoms with Crippen molar-refractivity contribution in [3.8, 4) is 0 Å². The third-order valence-corrected chi connectivity index (χ3v) is 5.55. The first-order valence-corrected chi connectivity index (χ1v) is 8.61. The zero-order valence-electron chi connectivity index (χ0n) is 11.9. The zero-order chi connectivity index (χ0) is 16.5. The first kappa shape index (κ1) is 20.4. The molecular weight excluding hydrogens is 312 g/mol. The molecule has 0 heterocycles. The summed E-state index contributed by atoms with van der Waals surface area (Å²) in [6.07, 6.45) is 1.63. The molecular formula is C12H24N4O4Ti. The van der Waals surface area contributed by atoms with Gasteiger partial charge in [0.05, 0.1) is 0 Å². The van der Waals surface area contributed by atoms with Crippen LogP contribution in [0.2, 0.25) is 0 Å². The third-order valence-electron chi connectivity index (χ3n) is 2.05. The molecule has 0 aromatic carbocycles. The minimum absolute atomic E-state index is 0.920. The molecule has 0 radical (unpaired) electrons. The van der Waals surface area contributed by atoms with Crippen molar-refractivity contribution in [3.05, 3.63) is 50.6 Å². The summed E-state index contributed by atoms with van der Waals surface area (Å²) in [6, 6.07) is 0. The number of hydrogen-bond acceptors (Lipinski definition) is 8. The van der Waals surface area contributed by atoms with Gasteiger partial charge in [0.15, 0.2) is 0 Å². The maximum absolute atomic E-state index is 5.68. The van der Waals surface area contributed by atoms with Crippen molar-refractivity contribution < 1.29 is 31.4 Å². The van der Waals surface area contributed by atoms with E-state index >= 15 is 0 Å². The Balaban J connectivity index is 5.42. The standard InChI is InChI=1S/4C3H6NO.Ti/c4*1-2-3(4)5;/h4*2-3H,1,4H2;/q4*-1;+4. The van der Waals surface area contributed by atoms with Crippen LogP contribution in [-0.4, -0.2) is 24.9 Å². The van der Waals surface area contributed by atoms with Gasteiger partial charge < -0.3 is 0 Å². The normalized spacial score (nSPS) is 19.6. The Hall–Kier alpha value is -0.646. The molecule has 4 atom stereocenters. The molecule has 0 amide bonds. The summed E-state index contributed by atoms with van der Waals surface area (Å²) in [5.41, 5.74) is 22.7. The molecule has 0 aliphatic carbocycles. The van der Waals surface area contributed by atoms with Crippen molar-refractivity contribution in [1.29, 1.82) is 0 Å². The van der Waals surface area contributed by atoms with Gasteiger partial charge in [-0.3, -0.25) is 0 Å². The second-order valence-corrected chi connectivity index (χ2v) is 6.81. The fraction of sp³-hybridized carbons (Fsp3) is 0.333. The molecule has 4 unspecified atom stereocenters. The van der Waals surface area contributed by atoms with Gasteiger partial charge in [0.2, 0.25) is 0 Å². The van der Waals surface area contributed by atoms with Crippen LogP contribution in [0.3, 0.4) is 0 Å². The summed E-state index contributed by atoms with van der Waals surface area (Å²) >= 11 is -4.52. The first-order chi connectivity index (χ1) is 9.82. The van der Waals surface area contributed by atoms with E-state index in [4.69, 9.17) is 36.2 Å². The molecule has 0 spiro atoms. The number of nitrogens with two attached hydrogens (primary N) is 4. The predicted molar refractivity (Wildman–Crippen MR) is 77.0 cm³/mol. The van der Waals surface area contributed by atoms with Gasteiger partial charge in [0.1, 0.15) is 0 Å². The molecule has 9 heteroatoms.